The van der Waals surface area contributed by atoms with E-state index in [-0.39, 0.29) is 13.2 Å². The second-order valence-electron chi connectivity index (χ2n) is 7.77. The molecule has 0 atom stereocenters. The standard InChI is InChI=1S/C22H29N3O4/c1-15(2)19-9-8-18(12-16(19)3)28-14-22(27)29-13-21(26)24-20-10-11-23-25(20)17-6-4-5-7-17/h8-12,15,17H,4-7,13-14H2,1-3H3,(H,24,26). The molecule has 1 aliphatic rings. The molecule has 0 aliphatic heterocycles. The third-order valence-electron chi connectivity index (χ3n) is 5.19. The molecule has 1 aromatic carbocycles. The van der Waals surface area contributed by atoms with Crippen LogP contribution < -0.4 is 10.1 Å². The molecule has 1 saturated carbocycles. The third-order valence-corrected chi connectivity index (χ3v) is 5.19. The van der Waals surface area contributed by atoms with E-state index in [9.17, 15) is 9.59 Å². The van der Waals surface area contributed by atoms with Crippen molar-refractivity contribution < 1.29 is 19.1 Å². The average Bonchev–Trinajstić information content (AvgIpc) is 3.36. The van der Waals surface area contributed by atoms with Crippen LogP contribution in [0.5, 0.6) is 5.75 Å². The molecule has 1 amide bonds. The number of aryl methyl sites for hydroxylation is 1. The van der Waals surface area contributed by atoms with Crippen molar-refractivity contribution >= 4 is 17.7 Å². The summed E-state index contributed by atoms with van der Waals surface area (Å²) in [5.41, 5.74) is 2.36. The van der Waals surface area contributed by atoms with Crippen LogP contribution in [-0.2, 0) is 14.3 Å². The van der Waals surface area contributed by atoms with E-state index in [1.165, 1.54) is 18.4 Å². The van der Waals surface area contributed by atoms with Crippen LogP contribution in [0.2, 0.25) is 0 Å². The minimum Gasteiger partial charge on any atom is -0.482 e. The summed E-state index contributed by atoms with van der Waals surface area (Å²) in [7, 11) is 0. The van der Waals surface area contributed by atoms with Gasteiger partial charge in [0.05, 0.1) is 12.2 Å². The van der Waals surface area contributed by atoms with Crippen LogP contribution in [0.3, 0.4) is 0 Å². The molecular weight excluding hydrogens is 370 g/mol. The van der Waals surface area contributed by atoms with Gasteiger partial charge < -0.3 is 14.8 Å². The van der Waals surface area contributed by atoms with Crippen molar-refractivity contribution in [1.29, 1.82) is 0 Å². The first-order valence-corrected chi connectivity index (χ1v) is 10.2. The van der Waals surface area contributed by atoms with Crippen molar-refractivity contribution in [1.82, 2.24) is 9.78 Å². The number of carbonyl (C=O) groups excluding carboxylic acids is 2. The topological polar surface area (TPSA) is 82.4 Å². The second-order valence-corrected chi connectivity index (χ2v) is 7.77. The van der Waals surface area contributed by atoms with Crippen LogP contribution in [0.25, 0.3) is 0 Å². The van der Waals surface area contributed by atoms with E-state index < -0.39 is 11.9 Å². The number of aromatic nitrogens is 2. The number of nitrogens with zero attached hydrogens (tertiary/aromatic N) is 2. The van der Waals surface area contributed by atoms with Crippen molar-refractivity contribution in [3.63, 3.8) is 0 Å². The molecule has 1 aromatic heterocycles. The van der Waals surface area contributed by atoms with Gasteiger partial charge in [0.2, 0.25) is 0 Å². The number of nitrogens with one attached hydrogen (secondary N) is 1. The summed E-state index contributed by atoms with van der Waals surface area (Å²) in [6, 6.07) is 7.82. The van der Waals surface area contributed by atoms with Crippen LogP contribution in [0, 0.1) is 6.92 Å². The molecule has 0 radical (unpaired) electrons. The first kappa shape index (κ1) is 20.9. The molecule has 0 spiro atoms. The normalized spacial score (nSPS) is 14.2. The summed E-state index contributed by atoms with van der Waals surface area (Å²) in [5.74, 6) is 0.687. The maximum absolute atomic E-state index is 12.1. The van der Waals surface area contributed by atoms with Gasteiger partial charge in [-0.1, -0.05) is 32.8 Å². The van der Waals surface area contributed by atoms with Crippen LogP contribution in [-0.4, -0.2) is 34.9 Å². The quantitative estimate of drug-likeness (QED) is 0.679. The Bertz CT molecular complexity index is 853. The van der Waals surface area contributed by atoms with E-state index in [2.05, 4.69) is 24.3 Å². The zero-order chi connectivity index (χ0) is 20.8. The smallest absolute Gasteiger partial charge is 0.344 e. The van der Waals surface area contributed by atoms with Gasteiger partial charge in [-0.25, -0.2) is 9.48 Å². The van der Waals surface area contributed by atoms with Crippen molar-refractivity contribution in [3.05, 3.63) is 41.6 Å². The summed E-state index contributed by atoms with van der Waals surface area (Å²) < 4.78 is 12.4. The lowest BCUT2D eigenvalue weighted by atomic mass is 9.98. The lowest BCUT2D eigenvalue weighted by Gasteiger charge is -2.14. The van der Waals surface area contributed by atoms with Crippen molar-refractivity contribution in [3.8, 4) is 5.75 Å². The second kappa shape index (κ2) is 9.58. The molecule has 1 heterocycles. The maximum atomic E-state index is 12.1. The number of hydrogen-bond acceptors (Lipinski definition) is 5. The molecule has 0 saturated heterocycles. The summed E-state index contributed by atoms with van der Waals surface area (Å²) in [5, 5.41) is 7.07. The molecule has 3 rings (SSSR count). The molecule has 2 aromatic rings. The fraction of sp³-hybridized carbons (Fsp3) is 0.500. The Kier molecular flexibility index (Phi) is 6.90. The first-order chi connectivity index (χ1) is 13.9. The number of rotatable bonds is 8. The Balaban J connectivity index is 1.43. The van der Waals surface area contributed by atoms with Gasteiger partial charge in [0.15, 0.2) is 13.2 Å². The van der Waals surface area contributed by atoms with Gasteiger partial charge in [-0.15, -0.1) is 0 Å². The third kappa shape index (κ3) is 5.59. The van der Waals surface area contributed by atoms with Crippen LogP contribution in [0.15, 0.2) is 30.5 Å². The van der Waals surface area contributed by atoms with E-state index in [1.807, 2.05) is 29.8 Å². The molecule has 7 heteroatoms. The molecular formula is C22H29N3O4. The average molecular weight is 399 g/mol. The molecule has 1 fully saturated rings. The van der Waals surface area contributed by atoms with E-state index in [4.69, 9.17) is 9.47 Å². The molecule has 0 bridgehead atoms. The van der Waals surface area contributed by atoms with Crippen molar-refractivity contribution in [2.75, 3.05) is 18.5 Å². The molecule has 29 heavy (non-hydrogen) atoms. The molecule has 1 aliphatic carbocycles. The largest absolute Gasteiger partial charge is 0.482 e. The molecule has 7 nitrogen and oxygen atoms in total. The minimum absolute atomic E-state index is 0.242. The number of anilines is 1. The summed E-state index contributed by atoms with van der Waals surface area (Å²) >= 11 is 0. The predicted molar refractivity (Wildman–Crippen MR) is 110 cm³/mol. The van der Waals surface area contributed by atoms with E-state index in [1.54, 1.807) is 12.3 Å². The maximum Gasteiger partial charge on any atom is 0.344 e. The Morgan fingerprint density at radius 1 is 1.21 bits per heavy atom. The molecule has 0 unspecified atom stereocenters. The zero-order valence-electron chi connectivity index (χ0n) is 17.3. The highest BCUT2D eigenvalue weighted by molar-refractivity contribution is 5.92. The van der Waals surface area contributed by atoms with Crippen molar-refractivity contribution in [2.24, 2.45) is 0 Å². The van der Waals surface area contributed by atoms with Gasteiger partial charge in [0.25, 0.3) is 5.91 Å². The van der Waals surface area contributed by atoms with Crippen LogP contribution in [0.4, 0.5) is 5.82 Å². The Morgan fingerprint density at radius 2 is 1.97 bits per heavy atom. The lowest BCUT2D eigenvalue weighted by molar-refractivity contribution is -0.149. The number of carbonyl (C=O) groups is 2. The fourth-order valence-electron chi connectivity index (χ4n) is 3.75. The monoisotopic (exact) mass is 399 g/mol. The highest BCUT2D eigenvalue weighted by Crippen LogP contribution is 2.31. The van der Waals surface area contributed by atoms with Crippen molar-refractivity contribution in [2.45, 2.75) is 58.4 Å². The van der Waals surface area contributed by atoms with Gasteiger partial charge in [0, 0.05) is 6.07 Å². The Labute approximate surface area is 171 Å². The summed E-state index contributed by atoms with van der Waals surface area (Å²) in [4.78, 5) is 24.0. The molecule has 1 N–H and O–H groups in total. The molecule has 156 valence electrons. The SMILES string of the molecule is Cc1cc(OCC(=O)OCC(=O)Nc2ccnn2C2CCCC2)ccc1C(C)C. The highest BCUT2D eigenvalue weighted by atomic mass is 16.6. The number of benzene rings is 1. The van der Waals surface area contributed by atoms with E-state index in [0.29, 0.717) is 23.5 Å². The van der Waals surface area contributed by atoms with E-state index in [0.717, 1.165) is 18.4 Å². The first-order valence-electron chi connectivity index (χ1n) is 10.2. The minimum atomic E-state index is -0.588. The van der Waals surface area contributed by atoms with E-state index >= 15 is 0 Å². The lowest BCUT2D eigenvalue weighted by Crippen LogP contribution is -2.25. The van der Waals surface area contributed by atoms with Gasteiger partial charge in [0.1, 0.15) is 11.6 Å². The van der Waals surface area contributed by atoms with Gasteiger partial charge >= 0.3 is 5.97 Å². The summed E-state index contributed by atoms with van der Waals surface area (Å²) in [6.07, 6.45) is 6.15. The Morgan fingerprint density at radius 3 is 2.66 bits per heavy atom. The Hall–Kier alpha value is -2.83. The number of ether oxygens (including phenoxy) is 2. The predicted octanol–water partition coefficient (Wildman–Crippen LogP) is 3.99. The fourth-order valence-corrected chi connectivity index (χ4v) is 3.75. The van der Waals surface area contributed by atoms with Crippen LogP contribution >= 0.6 is 0 Å². The van der Waals surface area contributed by atoms with Gasteiger partial charge in [-0.3, -0.25) is 4.79 Å². The van der Waals surface area contributed by atoms with Crippen LogP contribution in [0.1, 0.15) is 62.6 Å². The number of amides is 1. The summed E-state index contributed by atoms with van der Waals surface area (Å²) in [6.45, 7) is 5.68. The van der Waals surface area contributed by atoms with Gasteiger partial charge in [-0.05, 0) is 48.9 Å². The number of esters is 1. The highest BCUT2D eigenvalue weighted by Gasteiger charge is 2.20. The van der Waals surface area contributed by atoms with Gasteiger partial charge in [-0.2, -0.15) is 5.10 Å². The number of hydrogen-bond donors (Lipinski definition) is 1. The zero-order valence-corrected chi connectivity index (χ0v) is 17.3.